The Morgan fingerprint density at radius 1 is 1.19 bits per heavy atom. The Bertz CT molecular complexity index is 1200. The van der Waals surface area contributed by atoms with Crippen LogP contribution >= 0.6 is 11.8 Å². The van der Waals surface area contributed by atoms with Gasteiger partial charge in [0.1, 0.15) is 11.6 Å². The summed E-state index contributed by atoms with van der Waals surface area (Å²) in [6, 6.07) is 17.1. The van der Waals surface area contributed by atoms with Gasteiger partial charge in [0.2, 0.25) is 5.91 Å². The van der Waals surface area contributed by atoms with Gasteiger partial charge in [0.05, 0.1) is 11.4 Å². The van der Waals surface area contributed by atoms with Crippen LogP contribution in [0.5, 0.6) is 0 Å². The fourth-order valence-electron chi connectivity index (χ4n) is 3.02. The Balaban J connectivity index is 1.81. The van der Waals surface area contributed by atoms with E-state index in [4.69, 9.17) is 0 Å². The molecule has 31 heavy (non-hydrogen) atoms. The zero-order valence-electron chi connectivity index (χ0n) is 17.9. The zero-order valence-corrected chi connectivity index (χ0v) is 18.8. The first kappa shape index (κ1) is 22.3. The summed E-state index contributed by atoms with van der Waals surface area (Å²) in [5, 5.41) is 12.6. The standard InChI is InChI=1S/C24H24N4O2S/c1-15-6-5-7-18(12-15)26-20(29)14-31-23-27-21(19(13-25)22(30)28-23)16-8-10-17(11-9-16)24(2,3)4/h5-12H,14H2,1-4H3,(H,26,29)(H,27,28,30). The van der Waals surface area contributed by atoms with Crippen molar-refractivity contribution in [1.29, 1.82) is 5.26 Å². The van der Waals surface area contributed by atoms with Crippen molar-refractivity contribution in [2.75, 3.05) is 11.1 Å². The molecule has 0 saturated carbocycles. The number of carbonyl (C=O) groups is 1. The maximum absolute atomic E-state index is 12.4. The lowest BCUT2D eigenvalue weighted by Gasteiger charge is -2.19. The second-order valence-corrected chi connectivity index (χ2v) is 9.20. The number of amides is 1. The first-order valence-corrected chi connectivity index (χ1v) is 10.8. The van der Waals surface area contributed by atoms with Gasteiger partial charge in [-0.3, -0.25) is 9.59 Å². The zero-order chi connectivity index (χ0) is 22.6. The predicted molar refractivity (Wildman–Crippen MR) is 124 cm³/mol. The van der Waals surface area contributed by atoms with E-state index < -0.39 is 5.56 Å². The van der Waals surface area contributed by atoms with Gasteiger partial charge in [-0.1, -0.05) is 68.9 Å². The average Bonchev–Trinajstić information content (AvgIpc) is 2.71. The van der Waals surface area contributed by atoms with Crippen LogP contribution in [-0.2, 0) is 10.2 Å². The molecule has 0 atom stereocenters. The fourth-order valence-corrected chi connectivity index (χ4v) is 3.68. The Hall–Kier alpha value is -3.37. The minimum Gasteiger partial charge on any atom is -0.325 e. The molecule has 1 aromatic heterocycles. The number of thioether (sulfide) groups is 1. The van der Waals surface area contributed by atoms with E-state index in [1.54, 1.807) is 0 Å². The molecule has 0 unspecified atom stereocenters. The minimum atomic E-state index is -0.519. The molecule has 1 amide bonds. The molecule has 0 bridgehead atoms. The van der Waals surface area contributed by atoms with Crippen molar-refractivity contribution in [3.8, 4) is 17.3 Å². The predicted octanol–water partition coefficient (Wildman–Crippen LogP) is 4.65. The lowest BCUT2D eigenvalue weighted by Crippen LogP contribution is -2.17. The molecule has 0 aliphatic carbocycles. The first-order chi connectivity index (χ1) is 14.7. The van der Waals surface area contributed by atoms with Crippen LogP contribution in [0.2, 0.25) is 0 Å². The van der Waals surface area contributed by atoms with Gasteiger partial charge in [-0.05, 0) is 35.6 Å². The summed E-state index contributed by atoms with van der Waals surface area (Å²) in [5.41, 5.74) is 3.32. The van der Waals surface area contributed by atoms with E-state index in [9.17, 15) is 14.9 Å². The molecule has 2 aromatic carbocycles. The van der Waals surface area contributed by atoms with Gasteiger partial charge < -0.3 is 10.3 Å². The van der Waals surface area contributed by atoms with Crippen molar-refractivity contribution in [2.24, 2.45) is 0 Å². The highest BCUT2D eigenvalue weighted by molar-refractivity contribution is 7.99. The van der Waals surface area contributed by atoms with E-state index in [2.05, 4.69) is 36.1 Å². The van der Waals surface area contributed by atoms with Gasteiger partial charge in [0.25, 0.3) is 5.56 Å². The Kier molecular flexibility index (Phi) is 6.62. The lowest BCUT2D eigenvalue weighted by molar-refractivity contribution is -0.113. The largest absolute Gasteiger partial charge is 0.325 e. The highest BCUT2D eigenvalue weighted by atomic mass is 32.2. The summed E-state index contributed by atoms with van der Waals surface area (Å²) in [7, 11) is 0. The molecule has 0 aliphatic heterocycles. The van der Waals surface area contributed by atoms with Gasteiger partial charge in [0, 0.05) is 11.3 Å². The first-order valence-electron chi connectivity index (χ1n) is 9.82. The van der Waals surface area contributed by atoms with E-state index in [1.807, 2.05) is 61.5 Å². The van der Waals surface area contributed by atoms with Crippen molar-refractivity contribution in [2.45, 2.75) is 38.3 Å². The maximum atomic E-state index is 12.4. The lowest BCUT2D eigenvalue weighted by atomic mass is 9.86. The molecular weight excluding hydrogens is 408 g/mol. The number of benzene rings is 2. The van der Waals surface area contributed by atoms with Gasteiger partial charge in [-0.25, -0.2) is 4.98 Å². The van der Waals surface area contributed by atoms with Crippen molar-refractivity contribution >= 4 is 23.4 Å². The van der Waals surface area contributed by atoms with Gasteiger partial charge in [-0.2, -0.15) is 5.26 Å². The number of nitriles is 1. The number of hydrogen-bond acceptors (Lipinski definition) is 5. The molecule has 0 radical (unpaired) electrons. The van der Waals surface area contributed by atoms with Crippen molar-refractivity contribution in [3.63, 3.8) is 0 Å². The fraction of sp³-hybridized carbons (Fsp3) is 0.250. The molecule has 1 heterocycles. The second kappa shape index (κ2) is 9.19. The number of hydrogen-bond donors (Lipinski definition) is 2. The van der Waals surface area contributed by atoms with Crippen LogP contribution in [0, 0.1) is 18.3 Å². The number of H-pyrrole nitrogens is 1. The van der Waals surface area contributed by atoms with Crippen LogP contribution < -0.4 is 10.9 Å². The van der Waals surface area contributed by atoms with E-state index >= 15 is 0 Å². The minimum absolute atomic E-state index is 0.0101. The molecule has 0 aliphatic rings. The Morgan fingerprint density at radius 3 is 2.52 bits per heavy atom. The molecule has 3 rings (SSSR count). The van der Waals surface area contributed by atoms with Crippen LogP contribution in [0.1, 0.15) is 37.5 Å². The van der Waals surface area contributed by atoms with Gasteiger partial charge in [-0.15, -0.1) is 0 Å². The summed E-state index contributed by atoms with van der Waals surface area (Å²) in [4.78, 5) is 31.8. The number of aromatic amines is 1. The normalized spacial score (nSPS) is 11.1. The molecule has 0 fully saturated rings. The molecule has 7 heteroatoms. The van der Waals surface area contributed by atoms with Crippen molar-refractivity contribution in [3.05, 3.63) is 75.6 Å². The number of aromatic nitrogens is 2. The van der Waals surface area contributed by atoms with Crippen molar-refractivity contribution < 1.29 is 4.79 Å². The summed E-state index contributed by atoms with van der Waals surface area (Å²) < 4.78 is 0. The van der Waals surface area contributed by atoms with E-state index in [-0.39, 0.29) is 22.6 Å². The summed E-state index contributed by atoms with van der Waals surface area (Å²) in [6.45, 7) is 8.30. The molecule has 3 aromatic rings. The third kappa shape index (κ3) is 5.62. The maximum Gasteiger partial charge on any atom is 0.270 e. The number of nitrogens with zero attached hydrogens (tertiary/aromatic N) is 2. The number of nitrogens with one attached hydrogen (secondary N) is 2. The average molecular weight is 433 g/mol. The second-order valence-electron chi connectivity index (χ2n) is 8.24. The topological polar surface area (TPSA) is 98.6 Å². The number of carbonyl (C=O) groups excluding carboxylic acids is 1. The Labute approximate surface area is 185 Å². The molecule has 2 N–H and O–H groups in total. The number of aryl methyl sites for hydroxylation is 1. The van der Waals surface area contributed by atoms with Gasteiger partial charge in [0.15, 0.2) is 5.16 Å². The van der Waals surface area contributed by atoms with Crippen LogP contribution in [0.25, 0.3) is 11.3 Å². The Morgan fingerprint density at radius 2 is 1.90 bits per heavy atom. The van der Waals surface area contributed by atoms with Crippen LogP contribution in [0.3, 0.4) is 0 Å². The van der Waals surface area contributed by atoms with Crippen LogP contribution in [0.4, 0.5) is 5.69 Å². The number of anilines is 1. The van der Waals surface area contributed by atoms with E-state index in [0.717, 1.165) is 22.9 Å². The SMILES string of the molecule is Cc1cccc(NC(=O)CSc2nc(-c3ccc(C(C)(C)C)cc3)c(C#N)c(=O)[nH]2)c1. The highest BCUT2D eigenvalue weighted by Gasteiger charge is 2.17. The number of rotatable bonds is 5. The quantitative estimate of drug-likeness (QED) is 0.452. The third-order valence-corrected chi connectivity index (χ3v) is 5.55. The summed E-state index contributed by atoms with van der Waals surface area (Å²) in [5.74, 6) is -0.135. The van der Waals surface area contributed by atoms with Gasteiger partial charge >= 0.3 is 0 Å². The van der Waals surface area contributed by atoms with E-state index in [0.29, 0.717) is 22.1 Å². The molecular formula is C24H24N4O2S. The highest BCUT2D eigenvalue weighted by Crippen LogP contribution is 2.27. The van der Waals surface area contributed by atoms with E-state index in [1.165, 1.54) is 0 Å². The molecule has 0 saturated heterocycles. The monoisotopic (exact) mass is 432 g/mol. The summed E-state index contributed by atoms with van der Waals surface area (Å²) in [6.07, 6.45) is 0. The smallest absolute Gasteiger partial charge is 0.270 e. The van der Waals surface area contributed by atoms with Crippen molar-refractivity contribution in [1.82, 2.24) is 9.97 Å². The molecule has 0 spiro atoms. The third-order valence-electron chi connectivity index (χ3n) is 4.68. The summed E-state index contributed by atoms with van der Waals surface area (Å²) >= 11 is 1.11. The molecule has 6 nitrogen and oxygen atoms in total. The van der Waals surface area contributed by atoms with Crippen LogP contribution in [-0.4, -0.2) is 21.6 Å². The molecule has 158 valence electrons. The van der Waals surface area contributed by atoms with Crippen LogP contribution in [0.15, 0.2) is 58.5 Å².